The summed E-state index contributed by atoms with van der Waals surface area (Å²) in [6.45, 7) is 5.41. The first-order valence-electron chi connectivity index (χ1n) is 8.90. The number of carboxylic acids is 1. The van der Waals surface area contributed by atoms with Gasteiger partial charge in [-0.05, 0) is 30.7 Å². The van der Waals surface area contributed by atoms with E-state index < -0.39 is 12.0 Å². The molecular formula is C19H24N4O4. The molecule has 27 heavy (non-hydrogen) atoms. The maximum atomic E-state index is 12.7. The van der Waals surface area contributed by atoms with E-state index in [-0.39, 0.29) is 11.6 Å². The highest BCUT2D eigenvalue weighted by Crippen LogP contribution is 2.17. The number of carbonyl (C=O) groups is 2. The summed E-state index contributed by atoms with van der Waals surface area (Å²) in [5.41, 5.74) is 1.12. The number of hydrogen-bond donors (Lipinski definition) is 1. The highest BCUT2D eigenvalue weighted by molar-refractivity contribution is 5.85. The predicted molar refractivity (Wildman–Crippen MR) is 98.7 cm³/mol. The van der Waals surface area contributed by atoms with Gasteiger partial charge in [-0.15, -0.1) is 0 Å². The van der Waals surface area contributed by atoms with Crippen molar-refractivity contribution in [3.63, 3.8) is 0 Å². The van der Waals surface area contributed by atoms with Crippen LogP contribution in [0.1, 0.15) is 29.0 Å². The molecule has 1 saturated heterocycles. The summed E-state index contributed by atoms with van der Waals surface area (Å²) in [5.74, 6) is -0.300. The molecule has 1 aromatic carbocycles. The molecule has 2 aromatic rings. The number of rotatable bonds is 6. The third-order valence-electron chi connectivity index (χ3n) is 4.81. The van der Waals surface area contributed by atoms with Crippen molar-refractivity contribution in [3.05, 3.63) is 47.8 Å². The van der Waals surface area contributed by atoms with Crippen LogP contribution in [0.3, 0.4) is 0 Å². The molecule has 8 nitrogen and oxygen atoms in total. The van der Waals surface area contributed by atoms with Crippen molar-refractivity contribution in [2.45, 2.75) is 19.5 Å². The highest BCUT2D eigenvalue weighted by atomic mass is 16.5. The molecule has 1 aromatic heterocycles. The molecule has 0 spiro atoms. The van der Waals surface area contributed by atoms with Crippen molar-refractivity contribution < 1.29 is 19.4 Å². The zero-order valence-electron chi connectivity index (χ0n) is 15.5. The normalized spacial score (nSPS) is 16.1. The number of carboxylic acid groups (broad SMARTS) is 1. The summed E-state index contributed by atoms with van der Waals surface area (Å²) in [7, 11) is 1.66. The molecule has 1 amide bonds. The van der Waals surface area contributed by atoms with Crippen LogP contribution in [0.4, 0.5) is 0 Å². The summed E-state index contributed by atoms with van der Waals surface area (Å²) >= 11 is 0. The van der Waals surface area contributed by atoms with E-state index in [0.717, 1.165) is 25.4 Å². The fourth-order valence-electron chi connectivity index (χ4n) is 3.20. The number of hydrogen-bond acceptors (Lipinski definition) is 5. The van der Waals surface area contributed by atoms with Crippen LogP contribution in [0.2, 0.25) is 0 Å². The Kier molecular flexibility index (Phi) is 5.75. The van der Waals surface area contributed by atoms with Gasteiger partial charge in [0.25, 0.3) is 0 Å². The Morgan fingerprint density at radius 2 is 1.96 bits per heavy atom. The van der Waals surface area contributed by atoms with Crippen LogP contribution >= 0.6 is 0 Å². The molecule has 2 heterocycles. The number of methoxy groups -OCH3 is 1. The number of aromatic carboxylic acids is 1. The zero-order valence-corrected chi connectivity index (χ0v) is 15.5. The topological polar surface area (TPSA) is 87.9 Å². The van der Waals surface area contributed by atoms with Crippen molar-refractivity contribution >= 4 is 11.9 Å². The first kappa shape index (κ1) is 18.9. The second-order valence-corrected chi connectivity index (χ2v) is 6.62. The van der Waals surface area contributed by atoms with Crippen molar-refractivity contribution in [1.29, 1.82) is 0 Å². The molecule has 3 rings (SSSR count). The quantitative estimate of drug-likeness (QED) is 0.827. The van der Waals surface area contributed by atoms with Crippen molar-refractivity contribution in [3.8, 4) is 5.75 Å². The van der Waals surface area contributed by atoms with E-state index in [1.807, 2.05) is 23.1 Å². The molecule has 1 N–H and O–H groups in total. The second kappa shape index (κ2) is 8.22. The van der Waals surface area contributed by atoms with Crippen molar-refractivity contribution in [2.75, 3.05) is 33.3 Å². The number of piperazine rings is 1. The molecule has 1 aliphatic rings. The first-order valence-corrected chi connectivity index (χ1v) is 8.90. The Labute approximate surface area is 157 Å². The Morgan fingerprint density at radius 1 is 1.22 bits per heavy atom. The average molecular weight is 372 g/mol. The Hall–Kier alpha value is -2.87. The van der Waals surface area contributed by atoms with Gasteiger partial charge in [0.1, 0.15) is 11.8 Å². The molecular weight excluding hydrogens is 348 g/mol. The Balaban J connectivity index is 1.54. The fourth-order valence-corrected chi connectivity index (χ4v) is 3.20. The van der Waals surface area contributed by atoms with Gasteiger partial charge in [-0.2, -0.15) is 5.10 Å². The van der Waals surface area contributed by atoms with Gasteiger partial charge in [0.2, 0.25) is 5.91 Å². The molecule has 1 atom stereocenters. The minimum absolute atomic E-state index is 0.0453. The molecule has 1 fully saturated rings. The van der Waals surface area contributed by atoms with Crippen LogP contribution in [-0.2, 0) is 11.3 Å². The van der Waals surface area contributed by atoms with Gasteiger partial charge in [-0.1, -0.05) is 12.1 Å². The second-order valence-electron chi connectivity index (χ2n) is 6.62. The van der Waals surface area contributed by atoms with Crippen LogP contribution in [0.15, 0.2) is 36.5 Å². The average Bonchev–Trinajstić information content (AvgIpc) is 3.18. The lowest BCUT2D eigenvalue weighted by atomic mass is 10.1. The van der Waals surface area contributed by atoms with Gasteiger partial charge in [0, 0.05) is 38.9 Å². The maximum Gasteiger partial charge on any atom is 0.356 e. The van der Waals surface area contributed by atoms with E-state index in [4.69, 9.17) is 9.84 Å². The van der Waals surface area contributed by atoms with Gasteiger partial charge >= 0.3 is 5.97 Å². The molecule has 0 radical (unpaired) electrons. The number of amides is 1. The fraction of sp³-hybridized carbons (Fsp3) is 0.421. The van der Waals surface area contributed by atoms with Gasteiger partial charge in [-0.3, -0.25) is 14.4 Å². The monoisotopic (exact) mass is 372 g/mol. The van der Waals surface area contributed by atoms with E-state index in [2.05, 4.69) is 16.1 Å². The number of carbonyl (C=O) groups excluding carboxylic acids is 1. The molecule has 8 heteroatoms. The maximum absolute atomic E-state index is 12.7. The van der Waals surface area contributed by atoms with Crippen molar-refractivity contribution in [2.24, 2.45) is 0 Å². The SMILES string of the molecule is COc1cccc(CN2CCN(C(=O)C(C)n3ccc(C(=O)O)n3)CC2)c1. The highest BCUT2D eigenvalue weighted by Gasteiger charge is 2.26. The van der Waals surface area contributed by atoms with Gasteiger partial charge in [0.05, 0.1) is 7.11 Å². The molecule has 0 aliphatic carbocycles. The lowest BCUT2D eigenvalue weighted by Crippen LogP contribution is -2.50. The van der Waals surface area contributed by atoms with Crippen LogP contribution < -0.4 is 4.74 Å². The lowest BCUT2D eigenvalue weighted by molar-refractivity contribution is -0.136. The van der Waals surface area contributed by atoms with E-state index in [1.54, 1.807) is 14.0 Å². The third-order valence-corrected chi connectivity index (χ3v) is 4.81. The smallest absolute Gasteiger partial charge is 0.356 e. The van der Waals surface area contributed by atoms with Crippen LogP contribution in [0.25, 0.3) is 0 Å². The Morgan fingerprint density at radius 3 is 2.59 bits per heavy atom. The summed E-state index contributed by atoms with van der Waals surface area (Å²) in [4.78, 5) is 27.8. The predicted octanol–water partition coefficient (Wildman–Crippen LogP) is 1.50. The lowest BCUT2D eigenvalue weighted by Gasteiger charge is -2.36. The van der Waals surface area contributed by atoms with Crippen molar-refractivity contribution in [1.82, 2.24) is 19.6 Å². The van der Waals surface area contributed by atoms with E-state index in [0.29, 0.717) is 13.1 Å². The molecule has 1 aliphatic heterocycles. The van der Waals surface area contributed by atoms with Gasteiger partial charge in [0.15, 0.2) is 5.69 Å². The summed E-state index contributed by atoms with van der Waals surface area (Å²) in [6, 6.07) is 8.87. The summed E-state index contributed by atoms with van der Waals surface area (Å²) in [6.07, 6.45) is 1.53. The summed E-state index contributed by atoms with van der Waals surface area (Å²) in [5, 5.41) is 12.9. The standard InChI is InChI=1S/C19H24N4O4/c1-14(23-7-6-17(20-23)19(25)26)18(24)22-10-8-21(9-11-22)13-15-4-3-5-16(12-15)27-2/h3-7,12,14H,8-11,13H2,1-2H3,(H,25,26). The van der Waals surface area contributed by atoms with Crippen LogP contribution in [0, 0.1) is 0 Å². The summed E-state index contributed by atoms with van der Waals surface area (Å²) < 4.78 is 6.67. The first-order chi connectivity index (χ1) is 13.0. The number of nitrogens with zero attached hydrogens (tertiary/aromatic N) is 4. The number of ether oxygens (including phenoxy) is 1. The zero-order chi connectivity index (χ0) is 19.4. The van der Waals surface area contributed by atoms with E-state index in [1.165, 1.54) is 22.5 Å². The van der Waals surface area contributed by atoms with E-state index >= 15 is 0 Å². The Bertz CT molecular complexity index is 812. The minimum atomic E-state index is -1.10. The molecule has 1 unspecified atom stereocenters. The van der Waals surface area contributed by atoms with Crippen LogP contribution in [-0.4, -0.2) is 69.9 Å². The molecule has 144 valence electrons. The van der Waals surface area contributed by atoms with Gasteiger partial charge < -0.3 is 14.7 Å². The number of aromatic nitrogens is 2. The third kappa shape index (κ3) is 4.46. The van der Waals surface area contributed by atoms with E-state index in [9.17, 15) is 9.59 Å². The molecule has 0 saturated carbocycles. The van der Waals surface area contributed by atoms with Gasteiger partial charge in [-0.25, -0.2) is 4.79 Å². The number of benzene rings is 1. The van der Waals surface area contributed by atoms with Crippen LogP contribution in [0.5, 0.6) is 5.75 Å². The minimum Gasteiger partial charge on any atom is -0.497 e. The largest absolute Gasteiger partial charge is 0.497 e. The molecule has 0 bridgehead atoms.